The molecule has 0 saturated carbocycles. The number of nitrogens with one attached hydrogen (secondary N) is 1. The number of ether oxygens (including phenoxy) is 1. The molecule has 2 aromatic heterocycles. The highest BCUT2D eigenvalue weighted by atomic mass is 32.1. The van der Waals surface area contributed by atoms with Gasteiger partial charge in [-0.3, -0.25) is 9.78 Å². The van der Waals surface area contributed by atoms with Crippen LogP contribution in [0.1, 0.15) is 22.6 Å². The van der Waals surface area contributed by atoms with Crippen molar-refractivity contribution in [1.29, 1.82) is 0 Å². The highest BCUT2D eigenvalue weighted by molar-refractivity contribution is 7.08. The van der Waals surface area contributed by atoms with Crippen LogP contribution in [-0.4, -0.2) is 10.9 Å². The molecule has 142 valence electrons. The highest BCUT2D eigenvalue weighted by Gasteiger charge is 2.32. The molecule has 0 aliphatic carbocycles. The van der Waals surface area contributed by atoms with Crippen molar-refractivity contribution in [3.8, 4) is 22.8 Å². The third-order valence-electron chi connectivity index (χ3n) is 5.05. The van der Waals surface area contributed by atoms with Crippen molar-refractivity contribution < 1.29 is 9.53 Å². The standard InChI is InChI=1S/C24H18N2O2S/c27-24(26-14-16-9-11-25-20(13-16)17-10-12-29-15-17)23-18-5-1-3-7-21(18)28-22-8-4-2-6-19(22)23/h1-13,15,23H,14H2,(H,26,27). The summed E-state index contributed by atoms with van der Waals surface area (Å²) in [5, 5.41) is 7.21. The lowest BCUT2D eigenvalue weighted by molar-refractivity contribution is -0.122. The Hall–Kier alpha value is -3.44. The number of nitrogens with zero attached hydrogens (tertiary/aromatic N) is 1. The second-order valence-corrected chi connectivity index (χ2v) is 7.67. The summed E-state index contributed by atoms with van der Waals surface area (Å²) < 4.78 is 5.99. The van der Waals surface area contributed by atoms with E-state index in [4.69, 9.17) is 4.74 Å². The maximum absolute atomic E-state index is 13.2. The van der Waals surface area contributed by atoms with Crippen LogP contribution in [0.2, 0.25) is 0 Å². The SMILES string of the molecule is O=C(NCc1ccnc(-c2ccsc2)c1)C1c2ccccc2Oc2ccccc21. The maximum atomic E-state index is 13.2. The number of amides is 1. The Labute approximate surface area is 172 Å². The molecule has 1 aliphatic heterocycles. The molecule has 0 unspecified atom stereocenters. The number of hydrogen-bond acceptors (Lipinski definition) is 4. The molecule has 0 fully saturated rings. The monoisotopic (exact) mass is 398 g/mol. The Balaban J connectivity index is 1.40. The van der Waals surface area contributed by atoms with Gasteiger partial charge in [0.1, 0.15) is 11.5 Å². The molecule has 0 radical (unpaired) electrons. The Kier molecular flexibility index (Phi) is 4.58. The number of benzene rings is 2. The van der Waals surface area contributed by atoms with Gasteiger partial charge in [-0.2, -0.15) is 11.3 Å². The van der Waals surface area contributed by atoms with Gasteiger partial charge in [0.15, 0.2) is 0 Å². The molecular weight excluding hydrogens is 380 g/mol. The zero-order valence-corrected chi connectivity index (χ0v) is 16.4. The molecule has 5 heteroatoms. The number of aromatic nitrogens is 1. The zero-order chi connectivity index (χ0) is 19.6. The molecule has 1 N–H and O–H groups in total. The average molecular weight is 398 g/mol. The molecule has 2 aromatic carbocycles. The van der Waals surface area contributed by atoms with Gasteiger partial charge in [0.05, 0.1) is 11.6 Å². The molecule has 1 aliphatic rings. The first kappa shape index (κ1) is 17.6. The van der Waals surface area contributed by atoms with Crippen molar-refractivity contribution >= 4 is 17.2 Å². The smallest absolute Gasteiger partial charge is 0.232 e. The Morgan fingerprint density at radius 1 is 1.00 bits per heavy atom. The summed E-state index contributed by atoms with van der Waals surface area (Å²) in [6.07, 6.45) is 1.79. The van der Waals surface area contributed by atoms with Crippen molar-refractivity contribution in [1.82, 2.24) is 10.3 Å². The normalized spacial score (nSPS) is 12.6. The summed E-state index contributed by atoms with van der Waals surface area (Å²) in [7, 11) is 0. The van der Waals surface area contributed by atoms with Gasteiger partial charge in [-0.25, -0.2) is 0 Å². The second kappa shape index (κ2) is 7.53. The summed E-state index contributed by atoms with van der Waals surface area (Å²) in [6.45, 7) is 0.445. The predicted octanol–water partition coefficient (Wildman–Crippen LogP) is 5.36. The summed E-state index contributed by atoms with van der Waals surface area (Å²) in [4.78, 5) is 17.7. The molecule has 4 nitrogen and oxygen atoms in total. The number of para-hydroxylation sites is 2. The van der Waals surface area contributed by atoms with Crippen molar-refractivity contribution in [2.45, 2.75) is 12.5 Å². The van der Waals surface area contributed by atoms with Crippen LogP contribution in [0.3, 0.4) is 0 Å². The summed E-state index contributed by atoms with van der Waals surface area (Å²) >= 11 is 1.64. The van der Waals surface area contributed by atoms with Crippen LogP contribution in [0.25, 0.3) is 11.3 Å². The Morgan fingerprint density at radius 3 is 2.41 bits per heavy atom. The molecule has 0 saturated heterocycles. The molecule has 3 heterocycles. The average Bonchev–Trinajstić information content (AvgIpc) is 3.31. The third kappa shape index (κ3) is 3.41. The number of carbonyl (C=O) groups excluding carboxylic acids is 1. The molecule has 0 spiro atoms. The topological polar surface area (TPSA) is 51.2 Å². The fraction of sp³-hybridized carbons (Fsp3) is 0.0833. The fourth-order valence-corrected chi connectivity index (χ4v) is 4.29. The van der Waals surface area contributed by atoms with Gasteiger partial charge in [-0.1, -0.05) is 36.4 Å². The minimum Gasteiger partial charge on any atom is -0.457 e. The van der Waals surface area contributed by atoms with E-state index in [0.29, 0.717) is 6.54 Å². The first-order valence-electron chi connectivity index (χ1n) is 9.40. The number of pyridine rings is 1. The maximum Gasteiger partial charge on any atom is 0.232 e. The van der Waals surface area contributed by atoms with E-state index in [1.54, 1.807) is 17.5 Å². The van der Waals surface area contributed by atoms with Gasteiger partial charge in [0.2, 0.25) is 5.91 Å². The van der Waals surface area contributed by atoms with Gasteiger partial charge < -0.3 is 10.1 Å². The number of fused-ring (bicyclic) bond motifs is 2. The van der Waals surface area contributed by atoms with E-state index in [1.165, 1.54) is 0 Å². The lowest BCUT2D eigenvalue weighted by Crippen LogP contribution is -2.31. The van der Waals surface area contributed by atoms with Gasteiger partial charge in [0, 0.05) is 34.8 Å². The van der Waals surface area contributed by atoms with Gasteiger partial charge in [0.25, 0.3) is 0 Å². The van der Waals surface area contributed by atoms with E-state index in [0.717, 1.165) is 39.4 Å². The second-order valence-electron chi connectivity index (χ2n) is 6.89. The van der Waals surface area contributed by atoms with Crippen LogP contribution in [0.5, 0.6) is 11.5 Å². The number of hydrogen-bond donors (Lipinski definition) is 1. The zero-order valence-electron chi connectivity index (χ0n) is 15.5. The quantitative estimate of drug-likeness (QED) is 0.503. The van der Waals surface area contributed by atoms with Crippen molar-refractivity contribution in [2.24, 2.45) is 0 Å². The van der Waals surface area contributed by atoms with Crippen molar-refractivity contribution in [3.05, 3.63) is 100 Å². The van der Waals surface area contributed by atoms with Crippen LogP contribution in [0.4, 0.5) is 0 Å². The molecule has 1 amide bonds. The highest BCUT2D eigenvalue weighted by Crippen LogP contribution is 2.43. The molecule has 0 atom stereocenters. The minimum absolute atomic E-state index is 0.0397. The van der Waals surface area contributed by atoms with Crippen LogP contribution in [-0.2, 0) is 11.3 Å². The van der Waals surface area contributed by atoms with Crippen LogP contribution in [0, 0.1) is 0 Å². The van der Waals surface area contributed by atoms with E-state index >= 15 is 0 Å². The van der Waals surface area contributed by atoms with Crippen LogP contribution in [0.15, 0.2) is 83.7 Å². The minimum atomic E-state index is -0.394. The van der Waals surface area contributed by atoms with Crippen molar-refractivity contribution in [2.75, 3.05) is 0 Å². The van der Waals surface area contributed by atoms with Crippen LogP contribution >= 0.6 is 11.3 Å². The summed E-state index contributed by atoms with van der Waals surface area (Å²) in [6, 6.07) is 21.4. The van der Waals surface area contributed by atoms with Crippen LogP contribution < -0.4 is 10.1 Å². The van der Waals surface area contributed by atoms with E-state index < -0.39 is 5.92 Å². The summed E-state index contributed by atoms with van der Waals surface area (Å²) in [5.74, 6) is 1.03. The lowest BCUT2D eigenvalue weighted by atomic mass is 9.87. The molecule has 5 rings (SSSR count). The van der Waals surface area contributed by atoms with Gasteiger partial charge >= 0.3 is 0 Å². The van der Waals surface area contributed by atoms with E-state index in [1.807, 2.05) is 72.1 Å². The van der Waals surface area contributed by atoms with Gasteiger partial charge in [-0.15, -0.1) is 0 Å². The third-order valence-corrected chi connectivity index (χ3v) is 5.73. The summed E-state index contributed by atoms with van der Waals surface area (Å²) in [5.41, 5.74) is 4.80. The number of carbonyl (C=O) groups is 1. The predicted molar refractivity (Wildman–Crippen MR) is 114 cm³/mol. The lowest BCUT2D eigenvalue weighted by Gasteiger charge is -2.27. The molecule has 4 aromatic rings. The molecular formula is C24H18N2O2S. The number of thiophene rings is 1. The number of rotatable bonds is 4. The van der Waals surface area contributed by atoms with E-state index in [2.05, 4.69) is 15.7 Å². The molecule has 0 bridgehead atoms. The van der Waals surface area contributed by atoms with Gasteiger partial charge in [-0.05, 0) is 41.3 Å². The van der Waals surface area contributed by atoms with Crippen molar-refractivity contribution in [3.63, 3.8) is 0 Å². The van der Waals surface area contributed by atoms with E-state index in [9.17, 15) is 4.79 Å². The Bertz CT molecular complexity index is 1130. The largest absolute Gasteiger partial charge is 0.457 e. The van der Waals surface area contributed by atoms with E-state index in [-0.39, 0.29) is 5.91 Å². The Morgan fingerprint density at radius 2 is 1.72 bits per heavy atom. The first-order chi connectivity index (χ1) is 14.3. The fourth-order valence-electron chi connectivity index (χ4n) is 3.64. The first-order valence-corrected chi connectivity index (χ1v) is 10.3. The molecule has 29 heavy (non-hydrogen) atoms.